The van der Waals surface area contributed by atoms with E-state index in [2.05, 4.69) is 35.1 Å². The van der Waals surface area contributed by atoms with Gasteiger partial charge in [-0.2, -0.15) is 0 Å². The molecule has 0 unspecified atom stereocenters. The Morgan fingerprint density at radius 3 is 2.47 bits per heavy atom. The van der Waals surface area contributed by atoms with Crippen LogP contribution in [0.25, 0.3) is 0 Å². The molecule has 2 amide bonds. The Balaban J connectivity index is 1.49. The lowest BCUT2D eigenvalue weighted by Gasteiger charge is -2.20. The molecular weight excluding hydrogens is 492 g/mol. The molecule has 2 aromatic carbocycles. The minimum absolute atomic E-state index is 0.00473. The first-order valence-corrected chi connectivity index (χ1v) is 13.4. The maximum Gasteiger partial charge on any atom is 0.230 e. The molecule has 2 aromatic rings. The van der Waals surface area contributed by atoms with Crippen molar-refractivity contribution in [2.24, 2.45) is 5.92 Å². The first-order chi connectivity index (χ1) is 15.2. The molecule has 1 heterocycles. The van der Waals surface area contributed by atoms with Crippen LogP contribution in [0.15, 0.2) is 45.8 Å². The van der Waals surface area contributed by atoms with Gasteiger partial charge in [-0.25, -0.2) is 8.42 Å². The van der Waals surface area contributed by atoms with E-state index in [4.69, 9.17) is 0 Å². The third-order valence-corrected chi connectivity index (χ3v) is 8.16. The van der Waals surface area contributed by atoms with Crippen LogP contribution in [0.1, 0.15) is 50.2 Å². The van der Waals surface area contributed by atoms with Crippen molar-refractivity contribution in [3.8, 4) is 0 Å². The van der Waals surface area contributed by atoms with Crippen molar-refractivity contribution in [3.63, 3.8) is 0 Å². The monoisotopic (exact) mass is 518 g/mol. The largest absolute Gasteiger partial charge is 0.326 e. The lowest BCUT2D eigenvalue weighted by Crippen LogP contribution is -2.31. The Morgan fingerprint density at radius 1 is 1.16 bits per heavy atom. The van der Waals surface area contributed by atoms with Gasteiger partial charge in [-0.05, 0) is 60.6 Å². The molecule has 0 aromatic heterocycles. The van der Waals surface area contributed by atoms with Gasteiger partial charge in [0.25, 0.3) is 0 Å². The van der Waals surface area contributed by atoms with Crippen LogP contribution in [0, 0.1) is 5.92 Å². The highest BCUT2D eigenvalue weighted by Gasteiger charge is 2.39. The first-order valence-electron chi connectivity index (χ1n) is 10.9. The number of carbonyl (C=O) groups excluding carboxylic acids is 2. The van der Waals surface area contributed by atoms with Gasteiger partial charge in [0.15, 0.2) is 9.84 Å². The normalized spacial score (nSPS) is 15.7. The fourth-order valence-electron chi connectivity index (χ4n) is 3.99. The minimum atomic E-state index is -3.77. The lowest BCUT2D eigenvalue weighted by atomic mass is 10.0. The van der Waals surface area contributed by atoms with E-state index in [0.717, 1.165) is 18.4 Å². The molecule has 1 aliphatic carbocycles. The number of nitrogens with zero attached hydrogens (tertiary/aromatic N) is 1. The van der Waals surface area contributed by atoms with Crippen LogP contribution in [0.5, 0.6) is 0 Å². The summed E-state index contributed by atoms with van der Waals surface area (Å²) in [6.45, 7) is 4.68. The number of benzene rings is 2. The fraction of sp³-hybridized carbons (Fsp3) is 0.417. The van der Waals surface area contributed by atoms with Crippen LogP contribution in [0.3, 0.4) is 0 Å². The van der Waals surface area contributed by atoms with Gasteiger partial charge in [-0.15, -0.1) is 0 Å². The number of amides is 2. The highest BCUT2D eigenvalue weighted by atomic mass is 79.9. The summed E-state index contributed by atoms with van der Waals surface area (Å²) in [6, 6.07) is 11.0. The van der Waals surface area contributed by atoms with Crippen LogP contribution in [0.4, 0.5) is 11.4 Å². The Hall–Kier alpha value is -2.19. The van der Waals surface area contributed by atoms with Crippen molar-refractivity contribution >= 4 is 49.0 Å². The predicted molar refractivity (Wildman–Crippen MR) is 129 cm³/mol. The molecule has 0 radical (unpaired) electrons. The van der Waals surface area contributed by atoms with Crippen LogP contribution >= 0.6 is 15.9 Å². The third kappa shape index (κ3) is 4.91. The molecule has 1 N–H and O–H groups in total. The van der Waals surface area contributed by atoms with Crippen LogP contribution in [-0.2, 0) is 25.8 Å². The molecule has 2 aliphatic rings. The molecule has 1 fully saturated rings. The topological polar surface area (TPSA) is 83.6 Å². The Bertz CT molecular complexity index is 1160. The fourth-order valence-corrected chi connectivity index (χ4v) is 6.16. The standard InChI is InChI=1S/C24H27BrN2O4S/c1-15(2)16-5-7-20(8-6-16)26-22(28)10-12-32(30,31)21-14-19(25)13-18-9-11-27(23(18)21)24(29)17-3-4-17/h5-8,13-15,17H,3-4,9-12H2,1-2H3,(H,26,28). The van der Waals surface area contributed by atoms with E-state index in [1.807, 2.05) is 30.3 Å². The van der Waals surface area contributed by atoms with Crippen molar-refractivity contribution < 1.29 is 18.0 Å². The molecule has 0 spiro atoms. The highest BCUT2D eigenvalue weighted by molar-refractivity contribution is 9.10. The van der Waals surface area contributed by atoms with E-state index in [-0.39, 0.29) is 34.8 Å². The predicted octanol–water partition coefficient (Wildman–Crippen LogP) is 4.67. The summed E-state index contributed by atoms with van der Waals surface area (Å²) in [4.78, 5) is 26.9. The SMILES string of the molecule is CC(C)c1ccc(NC(=O)CCS(=O)(=O)c2cc(Br)cc3c2N(C(=O)C2CC2)CC3)cc1. The molecule has 0 atom stereocenters. The summed E-state index contributed by atoms with van der Waals surface area (Å²) < 4.78 is 27.1. The zero-order chi connectivity index (χ0) is 23.0. The number of carbonyl (C=O) groups is 2. The number of fused-ring (bicyclic) bond motifs is 1. The second kappa shape index (κ2) is 8.98. The van der Waals surface area contributed by atoms with Gasteiger partial charge in [0.05, 0.1) is 16.3 Å². The maximum atomic E-state index is 13.2. The van der Waals surface area contributed by atoms with E-state index >= 15 is 0 Å². The van der Waals surface area contributed by atoms with Crippen LogP contribution in [-0.4, -0.2) is 32.5 Å². The number of anilines is 2. The number of nitrogens with one attached hydrogen (secondary N) is 1. The summed E-state index contributed by atoms with van der Waals surface area (Å²) in [5, 5.41) is 2.77. The molecule has 32 heavy (non-hydrogen) atoms. The molecule has 0 saturated heterocycles. The lowest BCUT2D eigenvalue weighted by molar-refractivity contribution is -0.119. The number of halogens is 1. The summed E-state index contributed by atoms with van der Waals surface area (Å²) >= 11 is 3.40. The number of hydrogen-bond donors (Lipinski definition) is 1. The van der Waals surface area contributed by atoms with Crippen molar-refractivity contribution in [3.05, 3.63) is 52.0 Å². The second-order valence-corrected chi connectivity index (χ2v) is 11.8. The van der Waals surface area contributed by atoms with Gasteiger partial charge in [-0.1, -0.05) is 41.9 Å². The van der Waals surface area contributed by atoms with E-state index < -0.39 is 9.84 Å². The summed E-state index contributed by atoms with van der Waals surface area (Å²) in [6.07, 6.45) is 2.19. The quantitative estimate of drug-likeness (QED) is 0.576. The zero-order valence-corrected chi connectivity index (χ0v) is 20.6. The number of rotatable bonds is 7. The minimum Gasteiger partial charge on any atom is -0.326 e. The third-order valence-electron chi connectivity index (χ3n) is 5.98. The van der Waals surface area contributed by atoms with Gasteiger partial charge in [0, 0.05) is 29.0 Å². The highest BCUT2D eigenvalue weighted by Crippen LogP contribution is 2.41. The van der Waals surface area contributed by atoms with Gasteiger partial charge in [0.1, 0.15) is 0 Å². The molecule has 4 rings (SSSR count). The number of sulfone groups is 1. The van der Waals surface area contributed by atoms with E-state index in [9.17, 15) is 18.0 Å². The van der Waals surface area contributed by atoms with Crippen molar-refractivity contribution in [1.82, 2.24) is 0 Å². The average molecular weight is 519 g/mol. The Kier molecular flexibility index (Phi) is 6.45. The van der Waals surface area contributed by atoms with Gasteiger partial charge < -0.3 is 10.2 Å². The summed E-state index contributed by atoms with van der Waals surface area (Å²) in [5.74, 6) is -0.276. The van der Waals surface area contributed by atoms with E-state index in [0.29, 0.717) is 34.7 Å². The van der Waals surface area contributed by atoms with Crippen LogP contribution < -0.4 is 10.2 Å². The molecule has 0 bridgehead atoms. The van der Waals surface area contributed by atoms with Crippen molar-refractivity contribution in [2.75, 3.05) is 22.5 Å². The van der Waals surface area contributed by atoms with E-state index in [1.165, 1.54) is 5.56 Å². The molecule has 6 nitrogen and oxygen atoms in total. The summed E-state index contributed by atoms with van der Waals surface area (Å²) in [7, 11) is -3.77. The molecule has 170 valence electrons. The Morgan fingerprint density at radius 2 is 1.84 bits per heavy atom. The average Bonchev–Trinajstić information content (AvgIpc) is 3.51. The van der Waals surface area contributed by atoms with Crippen LogP contribution in [0.2, 0.25) is 0 Å². The Labute approximate surface area is 197 Å². The second-order valence-electron chi connectivity index (χ2n) is 8.82. The van der Waals surface area contributed by atoms with Gasteiger partial charge in [0.2, 0.25) is 11.8 Å². The first kappa shape index (κ1) is 23.0. The smallest absolute Gasteiger partial charge is 0.230 e. The van der Waals surface area contributed by atoms with E-state index in [1.54, 1.807) is 11.0 Å². The maximum absolute atomic E-state index is 13.2. The van der Waals surface area contributed by atoms with Crippen molar-refractivity contribution in [2.45, 2.75) is 50.3 Å². The number of hydrogen-bond acceptors (Lipinski definition) is 4. The van der Waals surface area contributed by atoms with Gasteiger partial charge in [-0.3, -0.25) is 9.59 Å². The molecular formula is C24H27BrN2O4S. The van der Waals surface area contributed by atoms with Crippen molar-refractivity contribution in [1.29, 1.82) is 0 Å². The zero-order valence-electron chi connectivity index (χ0n) is 18.2. The molecule has 1 saturated carbocycles. The summed E-state index contributed by atoms with van der Waals surface area (Å²) in [5.41, 5.74) is 3.15. The molecule has 1 aliphatic heterocycles. The molecule has 8 heteroatoms. The van der Waals surface area contributed by atoms with Gasteiger partial charge >= 0.3 is 0 Å².